The van der Waals surface area contributed by atoms with Crippen molar-refractivity contribution < 1.29 is 22.9 Å². The highest BCUT2D eigenvalue weighted by Gasteiger charge is 2.41. The average molecular weight is 433 g/mol. The first-order valence-electron chi connectivity index (χ1n) is 10.1. The molecule has 0 unspecified atom stereocenters. The number of hydrogen-bond acceptors (Lipinski definition) is 5. The zero-order valence-corrected chi connectivity index (χ0v) is 21.6. The van der Waals surface area contributed by atoms with Gasteiger partial charge in [-0.05, 0) is 90.4 Å². The summed E-state index contributed by atoms with van der Waals surface area (Å²) in [7, 11) is -5.62. The Morgan fingerprint density at radius 1 is 1.04 bits per heavy atom. The molecule has 0 spiro atoms. The van der Waals surface area contributed by atoms with E-state index in [4.69, 9.17) is 13.0 Å². The summed E-state index contributed by atoms with van der Waals surface area (Å²) in [5.41, 5.74) is 0.373. The Balaban J connectivity index is 2.64. The lowest BCUT2D eigenvalue weighted by molar-refractivity contribution is -0.154. The minimum Gasteiger partial charge on any atom is -0.456 e. The molecular weight excluding hydrogens is 392 g/mol. The van der Waals surface area contributed by atoms with E-state index in [-0.39, 0.29) is 0 Å². The molecule has 8 heteroatoms. The van der Waals surface area contributed by atoms with E-state index in [1.165, 1.54) is 0 Å². The predicted octanol–water partition coefficient (Wildman–Crippen LogP) is 4.80. The molecule has 0 radical (unpaired) electrons. The molecule has 1 aliphatic rings. The van der Waals surface area contributed by atoms with Gasteiger partial charge >= 0.3 is 14.5 Å². The van der Waals surface area contributed by atoms with Gasteiger partial charge in [-0.3, -0.25) is 0 Å². The highest BCUT2D eigenvalue weighted by atomic mass is 28.5. The van der Waals surface area contributed by atoms with Crippen molar-refractivity contribution in [2.75, 3.05) is 0 Å². The molecule has 1 N–H and O–H groups in total. The van der Waals surface area contributed by atoms with Crippen LogP contribution in [0.25, 0.3) is 0 Å². The molecule has 0 amide bonds. The fourth-order valence-corrected chi connectivity index (χ4v) is 16.4. The highest BCUT2D eigenvalue weighted by Crippen LogP contribution is 2.34. The van der Waals surface area contributed by atoms with E-state index in [0.29, 0.717) is 24.3 Å². The topological polar surface area (TPSA) is 65.0 Å². The zero-order valence-electron chi connectivity index (χ0n) is 18.6. The van der Waals surface area contributed by atoms with E-state index in [0.717, 1.165) is 18.9 Å². The van der Waals surface area contributed by atoms with Crippen molar-refractivity contribution in [3.63, 3.8) is 0 Å². The monoisotopic (exact) mass is 432 g/mol. The Labute approximate surface area is 169 Å². The van der Waals surface area contributed by atoms with E-state index in [9.17, 15) is 9.90 Å². The summed E-state index contributed by atoms with van der Waals surface area (Å²) < 4.78 is 18.5. The first-order chi connectivity index (χ1) is 12.1. The molecule has 0 bridgehead atoms. The maximum absolute atomic E-state index is 11.7. The number of rotatable bonds is 9. The van der Waals surface area contributed by atoms with E-state index in [2.05, 4.69) is 52.4 Å². The van der Waals surface area contributed by atoms with Gasteiger partial charge < -0.3 is 18.1 Å². The lowest BCUT2D eigenvalue weighted by Crippen LogP contribution is -2.52. The number of carbonyl (C=O) groups is 1. The molecule has 1 fully saturated rings. The van der Waals surface area contributed by atoms with Crippen LogP contribution < -0.4 is 0 Å². The van der Waals surface area contributed by atoms with Crippen LogP contribution in [0.4, 0.5) is 0 Å². The van der Waals surface area contributed by atoms with Crippen LogP contribution in [0, 0.1) is 5.92 Å². The number of esters is 1. The molecule has 158 valence electrons. The van der Waals surface area contributed by atoms with Gasteiger partial charge in [0.2, 0.25) is 0 Å². The minimum atomic E-state index is -2.24. The summed E-state index contributed by atoms with van der Waals surface area (Å²) in [4.78, 5) is 11.7. The molecular formula is C19H40O5Si3. The average Bonchev–Trinajstić information content (AvgIpc) is 2.43. The fraction of sp³-hybridized carbons (Fsp3) is 0.842. The summed E-state index contributed by atoms with van der Waals surface area (Å²) >= 11 is 0. The molecule has 1 rings (SSSR count). The SMILES string of the molecule is C=C(C)C(=O)O[C@H]1CC[C@H](CC[Si](C)(O[Si](C)(C)C)O[Si](C)(C)C)C[C@H]1O. The standard InChI is InChI=1S/C19H40O5Si3/c1-15(2)19(21)22-18-11-10-16(14-17(18)20)12-13-27(9,23-25(3,4)5)24-26(6,7)8/h16-18,20H,1,10-14H2,2-9H3/t16-,17-,18+/m1/s1. The van der Waals surface area contributed by atoms with Crippen LogP contribution in [-0.2, 0) is 17.8 Å². The van der Waals surface area contributed by atoms with Crippen LogP contribution in [0.1, 0.15) is 32.6 Å². The maximum atomic E-state index is 11.7. The minimum absolute atomic E-state index is 0.373. The summed E-state index contributed by atoms with van der Waals surface area (Å²) in [6, 6.07) is 0.954. The lowest BCUT2D eigenvalue weighted by Gasteiger charge is -2.40. The summed E-state index contributed by atoms with van der Waals surface area (Å²) in [6.07, 6.45) is 2.30. The third-order valence-corrected chi connectivity index (χ3v) is 14.1. The van der Waals surface area contributed by atoms with E-state index >= 15 is 0 Å². The van der Waals surface area contributed by atoms with Gasteiger partial charge in [0, 0.05) is 5.57 Å². The van der Waals surface area contributed by atoms with E-state index in [1.54, 1.807) is 6.92 Å². The molecule has 1 saturated carbocycles. The number of aliphatic hydroxyl groups excluding tert-OH is 1. The van der Waals surface area contributed by atoms with Gasteiger partial charge in [0.25, 0.3) is 0 Å². The Hall–Kier alpha value is -0.259. The molecule has 0 aliphatic heterocycles. The molecule has 0 heterocycles. The zero-order chi connectivity index (χ0) is 21.0. The second kappa shape index (κ2) is 9.49. The van der Waals surface area contributed by atoms with Crippen molar-refractivity contribution in [1.82, 2.24) is 0 Å². The first kappa shape index (κ1) is 24.8. The highest BCUT2D eigenvalue weighted by molar-refractivity contribution is 6.87. The van der Waals surface area contributed by atoms with E-state index < -0.39 is 43.4 Å². The Morgan fingerprint density at radius 3 is 1.96 bits per heavy atom. The number of carbonyl (C=O) groups excluding carboxylic acids is 1. The Bertz CT molecular complexity index is 508. The maximum Gasteiger partial charge on any atom is 0.333 e. The van der Waals surface area contributed by atoms with Gasteiger partial charge in [-0.1, -0.05) is 6.58 Å². The van der Waals surface area contributed by atoms with Crippen molar-refractivity contribution in [2.24, 2.45) is 5.92 Å². The second-order valence-electron chi connectivity index (χ2n) is 10.1. The third kappa shape index (κ3) is 9.67. The summed E-state index contributed by atoms with van der Waals surface area (Å²) in [5.74, 6) is 0.00614. The van der Waals surface area contributed by atoms with Gasteiger partial charge in [-0.15, -0.1) is 0 Å². The first-order valence-corrected chi connectivity index (χ1v) is 19.4. The number of ether oxygens (including phenoxy) is 1. The van der Waals surface area contributed by atoms with Crippen molar-refractivity contribution in [2.45, 2.75) is 96.7 Å². The van der Waals surface area contributed by atoms with Crippen LogP contribution >= 0.6 is 0 Å². The van der Waals surface area contributed by atoms with Crippen LogP contribution in [0.15, 0.2) is 12.2 Å². The molecule has 0 aromatic carbocycles. The molecule has 0 aromatic rings. The molecule has 5 nitrogen and oxygen atoms in total. The van der Waals surface area contributed by atoms with Gasteiger partial charge in [-0.2, -0.15) is 0 Å². The van der Waals surface area contributed by atoms with E-state index in [1.807, 2.05) is 0 Å². The number of hydrogen-bond donors (Lipinski definition) is 1. The van der Waals surface area contributed by atoms with Gasteiger partial charge in [-0.25, -0.2) is 4.79 Å². The number of aliphatic hydroxyl groups is 1. The van der Waals surface area contributed by atoms with Crippen LogP contribution in [0.5, 0.6) is 0 Å². The van der Waals surface area contributed by atoms with Gasteiger partial charge in [0.1, 0.15) is 6.10 Å². The van der Waals surface area contributed by atoms with Gasteiger partial charge in [0.15, 0.2) is 16.6 Å². The largest absolute Gasteiger partial charge is 0.456 e. The smallest absolute Gasteiger partial charge is 0.333 e. The molecule has 3 atom stereocenters. The second-order valence-corrected chi connectivity index (χ2v) is 22.9. The van der Waals surface area contributed by atoms with Crippen LogP contribution in [0.3, 0.4) is 0 Å². The van der Waals surface area contributed by atoms with Crippen molar-refractivity contribution in [3.8, 4) is 0 Å². The summed E-state index contributed by atoms with van der Waals surface area (Å²) in [5, 5.41) is 10.4. The van der Waals surface area contributed by atoms with Crippen LogP contribution in [-0.4, -0.2) is 48.5 Å². The normalized spacial score (nSPS) is 24.6. The van der Waals surface area contributed by atoms with Gasteiger partial charge in [0.05, 0.1) is 6.10 Å². The van der Waals surface area contributed by atoms with Crippen molar-refractivity contribution >= 4 is 31.2 Å². The summed E-state index contributed by atoms with van der Waals surface area (Å²) in [6.45, 7) is 20.8. The van der Waals surface area contributed by atoms with Crippen LogP contribution in [0.2, 0.25) is 51.9 Å². The molecule has 27 heavy (non-hydrogen) atoms. The molecule has 0 saturated heterocycles. The van der Waals surface area contributed by atoms with Crippen molar-refractivity contribution in [3.05, 3.63) is 12.2 Å². The lowest BCUT2D eigenvalue weighted by atomic mass is 9.84. The molecule has 1 aliphatic carbocycles. The molecule has 0 aromatic heterocycles. The third-order valence-electron chi connectivity index (χ3n) is 4.52. The van der Waals surface area contributed by atoms with Crippen molar-refractivity contribution in [1.29, 1.82) is 0 Å². The Morgan fingerprint density at radius 2 is 1.56 bits per heavy atom. The quantitative estimate of drug-likeness (QED) is 0.322. The fourth-order valence-electron chi connectivity index (χ4n) is 3.73. The predicted molar refractivity (Wildman–Crippen MR) is 118 cm³/mol. The Kier molecular flexibility index (Phi) is 8.71.